The van der Waals surface area contributed by atoms with Crippen LogP contribution in [0.15, 0.2) is 340 Å². The molecule has 1 aromatic heterocycles. The van der Waals surface area contributed by atoms with Crippen molar-refractivity contribution >= 4 is 110 Å². The van der Waals surface area contributed by atoms with Crippen LogP contribution in [0.5, 0.6) is 0 Å². The molecule has 17 aromatic rings. The van der Waals surface area contributed by atoms with Crippen molar-refractivity contribution in [2.24, 2.45) is 0 Å². The summed E-state index contributed by atoms with van der Waals surface area (Å²) in [7, 11) is 0. The fourth-order valence-electron chi connectivity index (χ4n) is 17.4. The highest BCUT2D eigenvalue weighted by Gasteiger charge is 2.47. The Hall–Kier alpha value is -12.1. The van der Waals surface area contributed by atoms with Crippen molar-refractivity contribution in [1.29, 1.82) is 0 Å². The van der Waals surface area contributed by atoms with E-state index < -0.39 is 0 Å². The molecule has 0 N–H and O–H groups in total. The maximum atomic E-state index is 2.75. The van der Waals surface area contributed by atoms with Gasteiger partial charge in [0.25, 0.3) is 6.71 Å². The Morgan fingerprint density at radius 1 is 0.241 bits per heavy atom. The number of nitrogens with zero attached hydrogens (tertiary/aromatic N) is 2. The van der Waals surface area contributed by atoms with Crippen molar-refractivity contribution in [2.45, 2.75) is 78.6 Å². The van der Waals surface area contributed by atoms with Gasteiger partial charge in [-0.2, -0.15) is 0 Å². The molecule has 2 aliphatic heterocycles. The minimum atomic E-state index is -0.320. The van der Waals surface area contributed by atoms with Crippen molar-refractivity contribution in [3.05, 3.63) is 356 Å². The number of rotatable bonds is 10. The normalized spacial score (nSPS) is 12.8. The first-order valence-corrected chi connectivity index (χ1v) is 39.0. The van der Waals surface area contributed by atoms with Gasteiger partial charge in [-0.05, 0) is 198 Å². The average molecular weight is 1400 g/mol. The van der Waals surface area contributed by atoms with E-state index in [1.165, 1.54) is 147 Å². The average Bonchev–Trinajstić information content (AvgIpc) is 0.735. The van der Waals surface area contributed by atoms with E-state index >= 15 is 0 Å². The summed E-state index contributed by atoms with van der Waals surface area (Å²) >= 11 is 1.90. The monoisotopic (exact) mass is 1400 g/mol. The highest BCUT2D eigenvalue weighted by molar-refractivity contribution is 7.26. The summed E-state index contributed by atoms with van der Waals surface area (Å²) in [6.45, 7) is 21.1. The van der Waals surface area contributed by atoms with Crippen LogP contribution in [0, 0.1) is 0 Å². The van der Waals surface area contributed by atoms with Crippen molar-refractivity contribution in [3.63, 3.8) is 0 Å². The van der Waals surface area contributed by atoms with E-state index in [2.05, 4.69) is 412 Å². The number of anilines is 6. The molecule has 16 aromatic carbocycles. The molecule has 2 nitrogen and oxygen atoms in total. The highest BCUT2D eigenvalue weighted by atomic mass is 32.1. The van der Waals surface area contributed by atoms with Crippen molar-refractivity contribution in [1.82, 2.24) is 0 Å². The van der Waals surface area contributed by atoms with E-state index in [4.69, 9.17) is 0 Å². The molecule has 4 heteroatoms. The third-order valence-corrected chi connectivity index (χ3v) is 24.1. The number of hydrogen-bond donors (Lipinski definition) is 0. The van der Waals surface area contributed by atoms with Crippen LogP contribution in [-0.4, -0.2) is 6.71 Å². The van der Waals surface area contributed by atoms with Crippen LogP contribution < -0.4 is 26.2 Å². The lowest BCUT2D eigenvalue weighted by molar-refractivity contribution is 0.590. The fraction of sp³-hybridized carbons (Fsp3) is 0.115. The van der Waals surface area contributed by atoms with E-state index in [0.717, 1.165) is 50.7 Å². The second kappa shape index (κ2) is 25.9. The maximum absolute atomic E-state index is 2.75. The van der Waals surface area contributed by atoms with Crippen molar-refractivity contribution in [2.75, 3.05) is 9.80 Å². The largest absolute Gasteiger partial charge is 0.310 e. The zero-order chi connectivity index (χ0) is 73.3. The van der Waals surface area contributed by atoms with E-state index in [0.29, 0.717) is 0 Å². The van der Waals surface area contributed by atoms with Gasteiger partial charge in [0.1, 0.15) is 0 Å². The Bertz CT molecular complexity index is 6280. The molecule has 0 aliphatic carbocycles. The predicted octanol–water partition coefficient (Wildman–Crippen LogP) is 27.7. The third-order valence-electron chi connectivity index (χ3n) is 22.9. The quantitative estimate of drug-likeness (QED) is 0.0995. The summed E-state index contributed by atoms with van der Waals surface area (Å²) in [5.41, 5.74) is 32.8. The first-order valence-electron chi connectivity index (χ1n) is 38.2. The van der Waals surface area contributed by atoms with Gasteiger partial charge in [0.2, 0.25) is 0 Å². The molecule has 0 saturated heterocycles. The summed E-state index contributed by atoms with van der Waals surface area (Å²) in [6.07, 6.45) is 0. The molecule has 0 atom stereocenters. The summed E-state index contributed by atoms with van der Waals surface area (Å²) < 4.78 is 2.59. The number of benzene rings is 16. The summed E-state index contributed by atoms with van der Waals surface area (Å²) in [6, 6.07) is 130. The van der Waals surface area contributed by atoms with E-state index in [1.54, 1.807) is 0 Å². The second-order valence-corrected chi connectivity index (χ2v) is 33.8. The Labute approximate surface area is 639 Å². The van der Waals surface area contributed by atoms with Crippen LogP contribution in [-0.2, 0) is 16.2 Å². The summed E-state index contributed by atoms with van der Waals surface area (Å²) in [5, 5.41) is 7.49. The van der Waals surface area contributed by atoms with Crippen LogP contribution in [0.2, 0.25) is 0 Å². The molecule has 0 amide bonds. The molecule has 0 bridgehead atoms. The van der Waals surface area contributed by atoms with Crippen LogP contribution in [0.1, 0.15) is 79.0 Å². The van der Waals surface area contributed by atoms with E-state index in [-0.39, 0.29) is 23.0 Å². The van der Waals surface area contributed by atoms with Gasteiger partial charge in [0, 0.05) is 65.2 Å². The topological polar surface area (TPSA) is 6.48 Å². The minimum absolute atomic E-state index is 0.181. The van der Waals surface area contributed by atoms with E-state index in [9.17, 15) is 0 Å². The molecular weight excluding hydrogens is 1320 g/mol. The Kier molecular flexibility index (Phi) is 16.0. The van der Waals surface area contributed by atoms with Gasteiger partial charge in [0.15, 0.2) is 0 Å². The molecule has 19 rings (SSSR count). The smallest absolute Gasteiger partial charge is 0.252 e. The van der Waals surface area contributed by atoms with Crippen molar-refractivity contribution in [3.8, 4) is 89.0 Å². The number of fused-ring (bicyclic) bond motifs is 9. The van der Waals surface area contributed by atoms with Gasteiger partial charge < -0.3 is 9.80 Å². The SMILES string of the molecule is CC(C)(C)c1cc(-c2ccccc2)c(N2c3ccc(-c4cccc5c4sc4ccccc45)cc3B3c4ccc(-c5ccc6c(-c7ccccc7)c7ccccc7c(-c7ccccc7)c6c5)cc4N(c4c(-c5ccccc5)cc(C(C)(C)C)cc4-c4ccccc4)c4cc(C(C)(C)C)cc2c43)c(-c2ccccc2)c1. The lowest BCUT2D eigenvalue weighted by atomic mass is 9.33. The van der Waals surface area contributed by atoms with Crippen molar-refractivity contribution < 1.29 is 0 Å². The predicted molar refractivity (Wildman–Crippen MR) is 468 cm³/mol. The van der Waals surface area contributed by atoms with Gasteiger partial charge in [-0.3, -0.25) is 0 Å². The molecule has 0 unspecified atom stereocenters. The molecular formula is C104H83BN2S. The van der Waals surface area contributed by atoms with Gasteiger partial charge in [-0.15, -0.1) is 11.3 Å². The maximum Gasteiger partial charge on any atom is 0.252 e. The zero-order valence-corrected chi connectivity index (χ0v) is 63.5. The van der Waals surface area contributed by atoms with Gasteiger partial charge >= 0.3 is 0 Å². The lowest BCUT2D eigenvalue weighted by Crippen LogP contribution is -2.61. The standard InChI is InChI=1S/C104H83BN2S/c1-102(2,3)75-60-84(66-33-16-10-17-34-66)99(85(61-75)67-35-18-11-19-36-67)106-91-56-53-74(78-48-32-49-83-79-45-30-31-50-95(79)108-101(78)83)58-90(91)105-89-55-52-73(72-51-54-82-88(57-72)97(71-43-26-15-27-44-71)81-47-29-28-46-80(81)96(82)70-41-24-14-25-42-70)59-92(89)107(94-65-77(104(7,8)9)64-93(106)98(94)105)100-86(68-37-20-12-21-38-68)62-76(103(4,5)6)63-87(100)69-39-22-13-23-40-69/h10-65H,1-9H3. The Morgan fingerprint density at radius 3 is 1.10 bits per heavy atom. The number of hydrogen-bond acceptors (Lipinski definition) is 3. The molecule has 108 heavy (non-hydrogen) atoms. The molecule has 3 heterocycles. The molecule has 518 valence electrons. The van der Waals surface area contributed by atoms with Crippen LogP contribution >= 0.6 is 11.3 Å². The van der Waals surface area contributed by atoms with Crippen LogP contribution in [0.4, 0.5) is 34.1 Å². The zero-order valence-electron chi connectivity index (χ0n) is 62.7. The minimum Gasteiger partial charge on any atom is -0.310 e. The second-order valence-electron chi connectivity index (χ2n) is 32.7. The molecule has 0 radical (unpaired) electrons. The van der Waals surface area contributed by atoms with E-state index in [1.807, 2.05) is 11.3 Å². The first kappa shape index (κ1) is 66.6. The van der Waals surface area contributed by atoms with Gasteiger partial charge in [-0.25, -0.2) is 0 Å². The van der Waals surface area contributed by atoms with Crippen LogP contribution in [0.3, 0.4) is 0 Å². The summed E-state index contributed by atoms with van der Waals surface area (Å²) in [4.78, 5) is 5.48. The Balaban J connectivity index is 0.979. The fourth-order valence-corrected chi connectivity index (χ4v) is 18.6. The first-order chi connectivity index (χ1) is 52.5. The van der Waals surface area contributed by atoms with Crippen LogP contribution in [0.25, 0.3) is 131 Å². The lowest BCUT2D eigenvalue weighted by Gasteiger charge is -2.47. The molecule has 0 saturated carbocycles. The third kappa shape index (κ3) is 11.2. The summed E-state index contributed by atoms with van der Waals surface area (Å²) in [5.74, 6) is 0. The molecule has 2 aliphatic rings. The Morgan fingerprint density at radius 2 is 0.620 bits per heavy atom. The van der Waals surface area contributed by atoms with Gasteiger partial charge in [-0.1, -0.05) is 341 Å². The highest BCUT2D eigenvalue weighted by Crippen LogP contribution is 2.56. The van der Waals surface area contributed by atoms with Gasteiger partial charge in [0.05, 0.1) is 11.4 Å². The molecule has 0 fully saturated rings. The molecule has 0 spiro atoms. The number of thiophene rings is 1.